The number of hydrogen-bond donors (Lipinski definition) is 1. The van der Waals surface area contributed by atoms with E-state index in [9.17, 15) is 10.1 Å². The number of benzene rings is 1. The number of nitrogens with zero attached hydrogens (tertiary/aromatic N) is 1. The molecule has 1 aliphatic rings. The van der Waals surface area contributed by atoms with Crippen molar-refractivity contribution in [3.05, 3.63) is 51.6 Å². The minimum Gasteiger partial charge on any atom is -0.495 e. The normalized spacial score (nSPS) is 17.2. The Bertz CT molecular complexity index is 777. The molecule has 7 heteroatoms. The summed E-state index contributed by atoms with van der Waals surface area (Å²) in [6, 6.07) is 7.02. The van der Waals surface area contributed by atoms with Gasteiger partial charge in [-0.25, -0.2) is 4.79 Å². The second kappa shape index (κ2) is 7.28. The molecule has 0 fully saturated rings. The van der Waals surface area contributed by atoms with Gasteiger partial charge in [-0.1, -0.05) is 17.7 Å². The van der Waals surface area contributed by atoms with Gasteiger partial charge < -0.3 is 19.9 Å². The number of carbonyl (C=O) groups is 1. The predicted molar refractivity (Wildman–Crippen MR) is 88.0 cm³/mol. The molecule has 0 spiro atoms. The first-order chi connectivity index (χ1) is 11.4. The molecule has 1 unspecified atom stereocenters. The molecule has 24 heavy (non-hydrogen) atoms. The van der Waals surface area contributed by atoms with E-state index in [2.05, 4.69) is 0 Å². The summed E-state index contributed by atoms with van der Waals surface area (Å²) in [4.78, 5) is 12.4. The van der Waals surface area contributed by atoms with Crippen molar-refractivity contribution in [2.45, 2.75) is 19.8 Å². The molecule has 0 saturated heterocycles. The van der Waals surface area contributed by atoms with E-state index in [0.717, 1.165) is 0 Å². The molecule has 1 aromatic rings. The number of ether oxygens (including phenoxy) is 3. The van der Waals surface area contributed by atoms with Crippen LogP contribution in [0.25, 0.3) is 0 Å². The maximum absolute atomic E-state index is 12.4. The zero-order valence-electron chi connectivity index (χ0n) is 13.6. The summed E-state index contributed by atoms with van der Waals surface area (Å²) in [5.41, 5.74) is 6.82. The van der Waals surface area contributed by atoms with Crippen LogP contribution in [0.2, 0.25) is 5.02 Å². The standard InChI is InChI=1S/C17H17ClN2O4/c1-4-23-17(21)14-9(2)24-16(20)11(8-19)15(14)10-5-6-12(18)13(7-10)22-3/h5-7,15H,4,20H2,1-3H3. The Morgan fingerprint density at radius 1 is 1.50 bits per heavy atom. The first-order valence-corrected chi connectivity index (χ1v) is 7.61. The highest BCUT2D eigenvalue weighted by Crippen LogP contribution is 2.41. The second-order valence-corrected chi connectivity index (χ2v) is 5.42. The molecule has 1 aliphatic heterocycles. The summed E-state index contributed by atoms with van der Waals surface area (Å²) in [6.45, 7) is 3.51. The van der Waals surface area contributed by atoms with Gasteiger partial charge in [0.15, 0.2) is 0 Å². The molecule has 0 amide bonds. The molecule has 1 heterocycles. The van der Waals surface area contributed by atoms with Crippen molar-refractivity contribution in [2.24, 2.45) is 5.73 Å². The van der Waals surface area contributed by atoms with E-state index in [-0.39, 0.29) is 23.6 Å². The summed E-state index contributed by atoms with van der Waals surface area (Å²) < 4.78 is 15.7. The third-order valence-corrected chi connectivity index (χ3v) is 3.92. The Labute approximate surface area is 145 Å². The number of methoxy groups -OCH3 is 1. The highest BCUT2D eigenvalue weighted by Gasteiger charge is 2.36. The number of carbonyl (C=O) groups excluding carboxylic acids is 1. The van der Waals surface area contributed by atoms with E-state index in [4.69, 9.17) is 31.5 Å². The van der Waals surface area contributed by atoms with E-state index in [0.29, 0.717) is 22.1 Å². The molecule has 1 aromatic carbocycles. The van der Waals surface area contributed by atoms with E-state index < -0.39 is 11.9 Å². The topological polar surface area (TPSA) is 94.6 Å². The van der Waals surface area contributed by atoms with Gasteiger partial charge in [0.25, 0.3) is 0 Å². The van der Waals surface area contributed by atoms with Gasteiger partial charge in [-0.2, -0.15) is 5.26 Å². The van der Waals surface area contributed by atoms with Crippen LogP contribution >= 0.6 is 11.6 Å². The number of nitriles is 1. The van der Waals surface area contributed by atoms with Crippen LogP contribution < -0.4 is 10.5 Å². The Morgan fingerprint density at radius 3 is 2.79 bits per heavy atom. The maximum Gasteiger partial charge on any atom is 0.338 e. The minimum absolute atomic E-state index is 0.0398. The molecule has 0 aliphatic carbocycles. The van der Waals surface area contributed by atoms with Crippen LogP contribution in [0, 0.1) is 11.3 Å². The zero-order valence-corrected chi connectivity index (χ0v) is 14.3. The van der Waals surface area contributed by atoms with Crippen LogP contribution in [0.3, 0.4) is 0 Å². The van der Waals surface area contributed by atoms with Gasteiger partial charge >= 0.3 is 5.97 Å². The molecular formula is C17H17ClN2O4. The maximum atomic E-state index is 12.4. The van der Waals surface area contributed by atoms with E-state index >= 15 is 0 Å². The highest BCUT2D eigenvalue weighted by atomic mass is 35.5. The van der Waals surface area contributed by atoms with Crippen molar-refractivity contribution in [3.8, 4) is 11.8 Å². The third-order valence-electron chi connectivity index (χ3n) is 3.61. The van der Waals surface area contributed by atoms with Gasteiger partial charge in [0.05, 0.1) is 30.2 Å². The Balaban J connectivity index is 2.64. The van der Waals surface area contributed by atoms with Crippen molar-refractivity contribution >= 4 is 17.6 Å². The number of halogens is 1. The molecule has 1 atom stereocenters. The first kappa shape index (κ1) is 17.7. The molecule has 126 valence electrons. The number of hydrogen-bond acceptors (Lipinski definition) is 6. The summed E-state index contributed by atoms with van der Waals surface area (Å²) >= 11 is 6.06. The van der Waals surface area contributed by atoms with Crippen molar-refractivity contribution in [1.29, 1.82) is 5.26 Å². The molecule has 6 nitrogen and oxygen atoms in total. The lowest BCUT2D eigenvalue weighted by Crippen LogP contribution is -2.25. The van der Waals surface area contributed by atoms with E-state index in [1.807, 2.05) is 6.07 Å². The van der Waals surface area contributed by atoms with Crippen LogP contribution in [0.4, 0.5) is 0 Å². The summed E-state index contributed by atoms with van der Waals surface area (Å²) in [5.74, 6) is -0.591. The summed E-state index contributed by atoms with van der Waals surface area (Å²) in [5, 5.41) is 9.91. The minimum atomic E-state index is -0.714. The van der Waals surface area contributed by atoms with Crippen molar-refractivity contribution in [3.63, 3.8) is 0 Å². The Hall–Kier alpha value is -2.65. The van der Waals surface area contributed by atoms with Crippen LogP contribution in [-0.2, 0) is 14.3 Å². The number of nitrogens with two attached hydrogens (primary N) is 1. The highest BCUT2D eigenvalue weighted by molar-refractivity contribution is 6.32. The molecule has 0 radical (unpaired) electrons. The lowest BCUT2D eigenvalue weighted by atomic mass is 9.83. The van der Waals surface area contributed by atoms with E-state index in [1.165, 1.54) is 7.11 Å². The van der Waals surface area contributed by atoms with Crippen molar-refractivity contribution < 1.29 is 19.0 Å². The SMILES string of the molecule is CCOC(=O)C1=C(C)OC(N)=C(C#N)C1c1ccc(Cl)c(OC)c1. The van der Waals surface area contributed by atoms with Gasteiger partial charge in [-0.3, -0.25) is 0 Å². The zero-order chi connectivity index (χ0) is 17.9. The van der Waals surface area contributed by atoms with Crippen LogP contribution in [0.5, 0.6) is 5.75 Å². The Morgan fingerprint density at radius 2 is 2.21 bits per heavy atom. The van der Waals surface area contributed by atoms with Gasteiger partial charge in [0.1, 0.15) is 23.2 Å². The fourth-order valence-electron chi connectivity index (χ4n) is 2.54. The molecule has 2 N–H and O–H groups in total. The fraction of sp³-hybridized carbons (Fsp3) is 0.294. The van der Waals surface area contributed by atoms with Crippen LogP contribution in [0.15, 0.2) is 41.0 Å². The van der Waals surface area contributed by atoms with Gasteiger partial charge in [-0.05, 0) is 31.5 Å². The van der Waals surface area contributed by atoms with Crippen molar-refractivity contribution in [1.82, 2.24) is 0 Å². The molecule has 2 rings (SSSR count). The number of allylic oxidation sites excluding steroid dienone is 2. The molecular weight excluding hydrogens is 332 g/mol. The lowest BCUT2D eigenvalue weighted by molar-refractivity contribution is -0.139. The van der Waals surface area contributed by atoms with Crippen molar-refractivity contribution in [2.75, 3.05) is 13.7 Å². The van der Waals surface area contributed by atoms with Crippen LogP contribution in [0.1, 0.15) is 25.3 Å². The molecule has 0 saturated carbocycles. The molecule has 0 bridgehead atoms. The van der Waals surface area contributed by atoms with E-state index in [1.54, 1.807) is 32.0 Å². The van der Waals surface area contributed by atoms with Gasteiger partial charge in [-0.15, -0.1) is 0 Å². The summed E-state index contributed by atoms with van der Waals surface area (Å²) in [7, 11) is 1.48. The predicted octanol–water partition coefficient (Wildman–Crippen LogP) is 2.99. The third kappa shape index (κ3) is 3.17. The average Bonchev–Trinajstić information content (AvgIpc) is 2.54. The average molecular weight is 349 g/mol. The largest absolute Gasteiger partial charge is 0.495 e. The smallest absolute Gasteiger partial charge is 0.338 e. The second-order valence-electron chi connectivity index (χ2n) is 5.01. The van der Waals surface area contributed by atoms with Gasteiger partial charge in [0, 0.05) is 0 Å². The number of rotatable bonds is 4. The molecule has 0 aromatic heterocycles. The fourth-order valence-corrected chi connectivity index (χ4v) is 2.74. The monoisotopic (exact) mass is 348 g/mol. The quantitative estimate of drug-likeness (QED) is 0.840. The van der Waals surface area contributed by atoms with Gasteiger partial charge in [0.2, 0.25) is 5.88 Å². The first-order valence-electron chi connectivity index (χ1n) is 7.23. The number of esters is 1. The Kier molecular flexibility index (Phi) is 5.37. The van der Waals surface area contributed by atoms with Crippen LogP contribution in [-0.4, -0.2) is 19.7 Å². The summed E-state index contributed by atoms with van der Waals surface area (Å²) in [6.07, 6.45) is 0. The lowest BCUT2D eigenvalue weighted by Gasteiger charge is -2.27.